The minimum Gasteiger partial charge on any atom is -0.506 e. The molecule has 9 nitrogen and oxygen atoms in total. The number of nitro groups is 1. The normalized spacial score (nSPS) is 15.9. The van der Waals surface area contributed by atoms with Crippen LogP contribution in [0.25, 0.3) is 0 Å². The van der Waals surface area contributed by atoms with Crippen LogP contribution in [0.15, 0.2) is 48.5 Å². The Labute approximate surface area is 173 Å². The number of phenols is 1. The van der Waals surface area contributed by atoms with Gasteiger partial charge in [-0.05, 0) is 57.1 Å². The van der Waals surface area contributed by atoms with E-state index < -0.39 is 11.0 Å². The number of carbonyl (C=O) groups excluding carboxylic acids is 2. The number of likely N-dealkylation sites (tertiary alicyclic amines) is 1. The Hall–Kier alpha value is -3.46. The first-order valence-corrected chi connectivity index (χ1v) is 9.73. The summed E-state index contributed by atoms with van der Waals surface area (Å²) < 4.78 is 0. The lowest BCUT2D eigenvalue weighted by Gasteiger charge is -2.34. The highest BCUT2D eigenvalue weighted by Gasteiger charge is 2.30. The minimum atomic E-state index is -0.492. The molecular weight excluding hydrogens is 388 g/mol. The molecule has 0 aromatic heterocycles. The second kappa shape index (κ2) is 9.36. The Balaban J connectivity index is 1.50. The van der Waals surface area contributed by atoms with Crippen LogP contribution >= 0.6 is 0 Å². The first-order valence-electron chi connectivity index (χ1n) is 9.73. The number of nitrogens with zero attached hydrogens (tertiary/aromatic N) is 2. The summed E-state index contributed by atoms with van der Waals surface area (Å²) in [5.41, 5.74) is 0.848. The number of aromatic hydroxyl groups is 1. The molecule has 30 heavy (non-hydrogen) atoms. The van der Waals surface area contributed by atoms with Gasteiger partial charge in [-0.2, -0.15) is 0 Å². The molecule has 0 aliphatic carbocycles. The summed E-state index contributed by atoms with van der Waals surface area (Å²) >= 11 is 0. The zero-order chi connectivity index (χ0) is 21.7. The third-order valence-corrected chi connectivity index (χ3v) is 5.34. The summed E-state index contributed by atoms with van der Waals surface area (Å²) in [7, 11) is 0. The molecule has 158 valence electrons. The number of hydrogen-bond acceptors (Lipinski definition) is 6. The second-order valence-corrected chi connectivity index (χ2v) is 7.29. The van der Waals surface area contributed by atoms with E-state index in [1.54, 1.807) is 25.1 Å². The van der Waals surface area contributed by atoms with Crippen molar-refractivity contribution < 1.29 is 19.6 Å². The molecule has 3 N–H and O–H groups in total. The molecule has 1 aliphatic heterocycles. The van der Waals surface area contributed by atoms with Gasteiger partial charge in [-0.3, -0.25) is 24.6 Å². The summed E-state index contributed by atoms with van der Waals surface area (Å²) in [6.45, 7) is 2.98. The fourth-order valence-electron chi connectivity index (χ4n) is 3.44. The van der Waals surface area contributed by atoms with Crippen molar-refractivity contribution in [1.29, 1.82) is 0 Å². The Bertz CT molecular complexity index is 923. The first kappa shape index (κ1) is 21.3. The van der Waals surface area contributed by atoms with Gasteiger partial charge in [0.25, 0.3) is 5.69 Å². The summed E-state index contributed by atoms with van der Waals surface area (Å²) in [4.78, 5) is 37.2. The number of anilines is 2. The topological polar surface area (TPSA) is 125 Å². The van der Waals surface area contributed by atoms with Crippen LogP contribution in [0.4, 0.5) is 17.1 Å². The van der Waals surface area contributed by atoms with Gasteiger partial charge in [0.2, 0.25) is 11.8 Å². The highest BCUT2D eigenvalue weighted by Crippen LogP contribution is 2.25. The molecule has 9 heteroatoms. The predicted molar refractivity (Wildman–Crippen MR) is 112 cm³/mol. The van der Waals surface area contributed by atoms with E-state index in [1.807, 2.05) is 4.90 Å². The third kappa shape index (κ3) is 5.12. The summed E-state index contributed by atoms with van der Waals surface area (Å²) in [5.74, 6) is -0.509. The van der Waals surface area contributed by atoms with Gasteiger partial charge >= 0.3 is 0 Å². The highest BCUT2D eigenvalue weighted by atomic mass is 16.6. The molecule has 0 saturated carbocycles. The lowest BCUT2D eigenvalue weighted by molar-refractivity contribution is -0.384. The number of phenolic OH excluding ortho intramolecular Hbond substituents is 1. The average molecular weight is 412 g/mol. The van der Waals surface area contributed by atoms with E-state index in [-0.39, 0.29) is 29.2 Å². The predicted octanol–water partition coefficient (Wildman–Crippen LogP) is 2.98. The van der Waals surface area contributed by atoms with Crippen LogP contribution < -0.4 is 10.6 Å². The SMILES string of the molecule is C[C@H](C(=O)Nc1ccc([N+](=O)[O-])cc1)N1CCC(C(=O)Nc2ccccc2O)CC1. The van der Waals surface area contributed by atoms with Gasteiger partial charge in [0.1, 0.15) is 5.75 Å². The number of hydrogen-bond donors (Lipinski definition) is 3. The van der Waals surface area contributed by atoms with E-state index in [0.29, 0.717) is 37.3 Å². The van der Waals surface area contributed by atoms with Crippen LogP contribution in [-0.4, -0.2) is 45.9 Å². The number of piperidine rings is 1. The molecule has 1 saturated heterocycles. The van der Waals surface area contributed by atoms with Gasteiger partial charge in [0.15, 0.2) is 0 Å². The number of amides is 2. The van der Waals surface area contributed by atoms with Crippen molar-refractivity contribution in [1.82, 2.24) is 4.90 Å². The maximum Gasteiger partial charge on any atom is 0.269 e. The van der Waals surface area contributed by atoms with Gasteiger partial charge in [-0.25, -0.2) is 0 Å². The number of nitro benzene ring substituents is 1. The van der Waals surface area contributed by atoms with E-state index in [9.17, 15) is 24.8 Å². The summed E-state index contributed by atoms with van der Waals surface area (Å²) in [6.07, 6.45) is 1.21. The fourth-order valence-corrected chi connectivity index (χ4v) is 3.44. The Morgan fingerprint density at radius 2 is 1.73 bits per heavy atom. The second-order valence-electron chi connectivity index (χ2n) is 7.29. The van der Waals surface area contributed by atoms with Crippen molar-refractivity contribution in [3.8, 4) is 5.75 Å². The van der Waals surface area contributed by atoms with Crippen molar-refractivity contribution in [2.24, 2.45) is 5.92 Å². The zero-order valence-electron chi connectivity index (χ0n) is 16.6. The monoisotopic (exact) mass is 412 g/mol. The van der Waals surface area contributed by atoms with Crippen LogP contribution in [0.1, 0.15) is 19.8 Å². The molecule has 0 bridgehead atoms. The van der Waals surface area contributed by atoms with Gasteiger partial charge in [-0.15, -0.1) is 0 Å². The maximum atomic E-state index is 12.5. The molecule has 2 aromatic rings. The molecule has 1 aliphatic rings. The van der Waals surface area contributed by atoms with Crippen molar-refractivity contribution in [2.75, 3.05) is 23.7 Å². The minimum absolute atomic E-state index is 0.0276. The van der Waals surface area contributed by atoms with Crippen LogP contribution in [0.5, 0.6) is 5.75 Å². The lowest BCUT2D eigenvalue weighted by atomic mass is 9.94. The zero-order valence-corrected chi connectivity index (χ0v) is 16.6. The van der Waals surface area contributed by atoms with Crippen LogP contribution in [0, 0.1) is 16.0 Å². The van der Waals surface area contributed by atoms with Gasteiger partial charge in [-0.1, -0.05) is 12.1 Å². The van der Waals surface area contributed by atoms with Gasteiger partial charge < -0.3 is 15.7 Å². The Morgan fingerprint density at radius 1 is 1.10 bits per heavy atom. The third-order valence-electron chi connectivity index (χ3n) is 5.34. The molecule has 0 unspecified atom stereocenters. The van der Waals surface area contributed by atoms with E-state index >= 15 is 0 Å². The number of non-ortho nitro benzene ring substituents is 1. The smallest absolute Gasteiger partial charge is 0.269 e. The highest BCUT2D eigenvalue weighted by molar-refractivity contribution is 5.95. The molecule has 2 aromatic carbocycles. The summed E-state index contributed by atoms with van der Waals surface area (Å²) in [6, 6.07) is 11.9. The summed E-state index contributed by atoms with van der Waals surface area (Å²) in [5, 5.41) is 26.0. The fraction of sp³-hybridized carbons (Fsp3) is 0.333. The average Bonchev–Trinajstić information content (AvgIpc) is 2.75. The molecule has 2 amide bonds. The molecule has 1 atom stereocenters. The molecule has 0 spiro atoms. The molecule has 3 rings (SSSR count). The number of carbonyl (C=O) groups is 2. The van der Waals surface area contributed by atoms with Crippen LogP contribution in [0.2, 0.25) is 0 Å². The van der Waals surface area contributed by atoms with Crippen molar-refractivity contribution in [2.45, 2.75) is 25.8 Å². The van der Waals surface area contributed by atoms with Gasteiger partial charge in [0, 0.05) is 23.7 Å². The van der Waals surface area contributed by atoms with E-state index in [0.717, 1.165) is 0 Å². The van der Waals surface area contributed by atoms with Gasteiger partial charge in [0.05, 0.1) is 16.7 Å². The van der Waals surface area contributed by atoms with Crippen molar-refractivity contribution >= 4 is 28.9 Å². The van der Waals surface area contributed by atoms with Crippen molar-refractivity contribution in [3.63, 3.8) is 0 Å². The molecule has 1 heterocycles. The molecule has 1 fully saturated rings. The van der Waals surface area contributed by atoms with Crippen LogP contribution in [0.3, 0.4) is 0 Å². The standard InChI is InChI=1S/C21H24N4O5/c1-14(20(27)22-16-6-8-17(9-7-16)25(29)30)24-12-10-15(11-13-24)21(28)23-18-4-2-3-5-19(18)26/h2-9,14-15,26H,10-13H2,1H3,(H,22,27)(H,23,28)/t14-/m1/s1. The van der Waals surface area contributed by atoms with Crippen molar-refractivity contribution in [3.05, 3.63) is 58.6 Å². The van der Waals surface area contributed by atoms with E-state index in [4.69, 9.17) is 0 Å². The number of benzene rings is 2. The van der Waals surface area contributed by atoms with E-state index in [2.05, 4.69) is 10.6 Å². The number of rotatable bonds is 6. The lowest BCUT2D eigenvalue weighted by Crippen LogP contribution is -2.47. The quantitative estimate of drug-likeness (QED) is 0.381. The van der Waals surface area contributed by atoms with Crippen LogP contribution in [-0.2, 0) is 9.59 Å². The largest absolute Gasteiger partial charge is 0.506 e. The molecular formula is C21H24N4O5. The molecule has 0 radical (unpaired) electrons. The number of para-hydroxylation sites is 2. The first-order chi connectivity index (χ1) is 14.3. The maximum absolute atomic E-state index is 12.5. The number of nitrogens with one attached hydrogen (secondary N) is 2. The Kier molecular flexibility index (Phi) is 6.63. The Morgan fingerprint density at radius 3 is 2.33 bits per heavy atom. The van der Waals surface area contributed by atoms with E-state index in [1.165, 1.54) is 30.3 Å².